The molecule has 1 saturated carbocycles. The number of aliphatic hydroxyl groups excluding tert-OH is 1. The SMILES string of the molecule is [O-][S+](C1CC1)N1CCC(C2CN(c3cccc(CO)c3F)C2)CC1. The third kappa shape index (κ3) is 3.17. The number of rotatable bonds is 5. The van der Waals surface area contributed by atoms with Gasteiger partial charge in [-0.15, -0.1) is 4.31 Å². The Morgan fingerprint density at radius 2 is 1.83 bits per heavy atom. The van der Waals surface area contributed by atoms with E-state index in [1.54, 1.807) is 12.1 Å². The van der Waals surface area contributed by atoms with Crippen LogP contribution in [0.25, 0.3) is 0 Å². The molecule has 0 bridgehead atoms. The molecule has 1 N–H and O–H groups in total. The van der Waals surface area contributed by atoms with Crippen molar-refractivity contribution < 1.29 is 14.0 Å². The first kappa shape index (κ1) is 16.6. The van der Waals surface area contributed by atoms with E-state index >= 15 is 0 Å². The van der Waals surface area contributed by atoms with Crippen molar-refractivity contribution in [3.63, 3.8) is 0 Å². The van der Waals surface area contributed by atoms with Gasteiger partial charge < -0.3 is 14.6 Å². The first-order chi connectivity index (χ1) is 11.7. The predicted molar refractivity (Wildman–Crippen MR) is 93.5 cm³/mol. The van der Waals surface area contributed by atoms with Gasteiger partial charge in [0.2, 0.25) is 0 Å². The van der Waals surface area contributed by atoms with Crippen molar-refractivity contribution in [2.75, 3.05) is 31.1 Å². The van der Waals surface area contributed by atoms with E-state index in [9.17, 15) is 14.0 Å². The molecule has 3 fully saturated rings. The Labute approximate surface area is 146 Å². The van der Waals surface area contributed by atoms with Crippen LogP contribution in [0.1, 0.15) is 31.2 Å². The zero-order valence-electron chi connectivity index (χ0n) is 13.9. The summed E-state index contributed by atoms with van der Waals surface area (Å²) in [6.45, 7) is 3.41. The molecule has 2 heterocycles. The zero-order chi connectivity index (χ0) is 16.7. The average molecular weight is 352 g/mol. The van der Waals surface area contributed by atoms with Gasteiger partial charge in [-0.1, -0.05) is 12.1 Å². The summed E-state index contributed by atoms with van der Waals surface area (Å²) in [4.78, 5) is 2.08. The summed E-state index contributed by atoms with van der Waals surface area (Å²) in [7, 11) is 0. The minimum absolute atomic E-state index is 0.256. The lowest BCUT2D eigenvalue weighted by atomic mass is 9.80. The van der Waals surface area contributed by atoms with Crippen LogP contribution in [-0.4, -0.2) is 45.4 Å². The molecule has 1 atom stereocenters. The van der Waals surface area contributed by atoms with E-state index in [0.29, 0.717) is 28.3 Å². The van der Waals surface area contributed by atoms with E-state index in [1.165, 1.54) is 0 Å². The monoisotopic (exact) mass is 352 g/mol. The normalized spacial score (nSPS) is 24.9. The molecule has 0 radical (unpaired) electrons. The first-order valence-electron chi connectivity index (χ1n) is 8.96. The highest BCUT2D eigenvalue weighted by molar-refractivity contribution is 7.90. The second kappa shape index (κ2) is 6.83. The lowest BCUT2D eigenvalue weighted by Crippen LogP contribution is -2.53. The summed E-state index contributed by atoms with van der Waals surface area (Å²) in [6.07, 6.45) is 4.47. The number of hydrogen-bond acceptors (Lipinski definition) is 4. The highest BCUT2D eigenvalue weighted by Crippen LogP contribution is 2.38. The number of anilines is 1. The topological polar surface area (TPSA) is 49.8 Å². The van der Waals surface area contributed by atoms with Gasteiger partial charge in [0, 0.05) is 55.9 Å². The zero-order valence-corrected chi connectivity index (χ0v) is 14.7. The molecule has 2 aliphatic heterocycles. The Bertz CT molecular complexity index is 584. The van der Waals surface area contributed by atoms with Gasteiger partial charge in [-0.3, -0.25) is 0 Å². The molecule has 1 aliphatic carbocycles. The maximum Gasteiger partial charge on any atom is 0.151 e. The number of aliphatic hydroxyl groups is 1. The van der Waals surface area contributed by atoms with Crippen LogP contribution < -0.4 is 4.90 Å². The second-order valence-electron chi connectivity index (χ2n) is 7.32. The Morgan fingerprint density at radius 3 is 2.46 bits per heavy atom. The Hall–Kier alpha value is -0.820. The van der Waals surface area contributed by atoms with Crippen molar-refractivity contribution in [3.8, 4) is 0 Å². The molecular formula is C18H25FN2O2S. The predicted octanol–water partition coefficient (Wildman–Crippen LogP) is 2.29. The summed E-state index contributed by atoms with van der Waals surface area (Å²) in [6, 6.07) is 5.24. The van der Waals surface area contributed by atoms with Gasteiger partial charge in [-0.25, -0.2) is 4.39 Å². The van der Waals surface area contributed by atoms with Crippen LogP contribution >= 0.6 is 0 Å². The summed E-state index contributed by atoms with van der Waals surface area (Å²) in [5.74, 6) is 0.990. The summed E-state index contributed by atoms with van der Waals surface area (Å²) < 4.78 is 28.7. The first-order valence-corrected chi connectivity index (χ1v) is 10.1. The molecule has 0 amide bonds. The van der Waals surface area contributed by atoms with E-state index in [2.05, 4.69) is 9.21 Å². The number of hydrogen-bond donors (Lipinski definition) is 1. The van der Waals surface area contributed by atoms with Crippen LogP contribution in [0.3, 0.4) is 0 Å². The van der Waals surface area contributed by atoms with Gasteiger partial charge in [0.25, 0.3) is 0 Å². The molecule has 0 aromatic heterocycles. The molecule has 3 aliphatic rings. The minimum Gasteiger partial charge on any atom is -0.598 e. The molecule has 1 aromatic rings. The van der Waals surface area contributed by atoms with Gasteiger partial charge in [-0.05, 0) is 30.7 Å². The number of nitrogens with zero attached hydrogens (tertiary/aromatic N) is 2. The van der Waals surface area contributed by atoms with Crippen LogP contribution in [0.15, 0.2) is 18.2 Å². The quantitative estimate of drug-likeness (QED) is 0.826. The highest BCUT2D eigenvalue weighted by atomic mass is 32.2. The maximum atomic E-state index is 14.3. The largest absolute Gasteiger partial charge is 0.598 e. The molecule has 1 aromatic carbocycles. The summed E-state index contributed by atoms with van der Waals surface area (Å²) >= 11 is -0.753. The smallest absolute Gasteiger partial charge is 0.151 e. The second-order valence-corrected chi connectivity index (χ2v) is 9.05. The van der Waals surface area contributed by atoms with Crippen molar-refractivity contribution in [2.45, 2.75) is 37.5 Å². The Kier molecular flexibility index (Phi) is 4.73. The average Bonchev–Trinajstić information content (AvgIpc) is 3.40. The van der Waals surface area contributed by atoms with Crippen LogP contribution in [0, 0.1) is 17.7 Å². The molecule has 1 unspecified atom stereocenters. The highest BCUT2D eigenvalue weighted by Gasteiger charge is 2.42. The van der Waals surface area contributed by atoms with Crippen molar-refractivity contribution in [2.24, 2.45) is 11.8 Å². The standard InChI is InChI=1S/C18H25FN2O2S/c19-18-14(12-22)2-1-3-17(18)20-10-15(11-20)13-6-8-21(9-7-13)24(23)16-4-5-16/h1-3,13,15-16,22H,4-12H2. The minimum atomic E-state index is -0.753. The third-order valence-corrected chi connectivity index (χ3v) is 7.62. The van der Waals surface area contributed by atoms with Gasteiger partial charge in [0.1, 0.15) is 5.25 Å². The molecule has 4 rings (SSSR count). The maximum absolute atomic E-state index is 14.3. The molecule has 132 valence electrons. The van der Waals surface area contributed by atoms with E-state index in [1.807, 2.05) is 6.07 Å². The fourth-order valence-electron chi connectivity index (χ4n) is 3.95. The number of halogens is 1. The third-order valence-electron chi connectivity index (χ3n) is 5.71. The van der Waals surface area contributed by atoms with Crippen LogP contribution in [-0.2, 0) is 18.0 Å². The van der Waals surface area contributed by atoms with Gasteiger partial charge in [0.05, 0.1) is 12.3 Å². The molecule has 2 saturated heterocycles. The van der Waals surface area contributed by atoms with E-state index in [-0.39, 0.29) is 12.4 Å². The van der Waals surface area contributed by atoms with E-state index < -0.39 is 11.4 Å². The van der Waals surface area contributed by atoms with Crippen LogP contribution in [0.5, 0.6) is 0 Å². The lowest BCUT2D eigenvalue weighted by Gasteiger charge is -2.47. The van der Waals surface area contributed by atoms with Crippen LogP contribution in [0.2, 0.25) is 0 Å². The van der Waals surface area contributed by atoms with Crippen molar-refractivity contribution in [1.82, 2.24) is 4.31 Å². The lowest BCUT2D eigenvalue weighted by molar-refractivity contribution is 0.180. The molecule has 24 heavy (non-hydrogen) atoms. The van der Waals surface area contributed by atoms with Crippen LogP contribution in [0.4, 0.5) is 10.1 Å². The van der Waals surface area contributed by atoms with Gasteiger partial charge >= 0.3 is 0 Å². The van der Waals surface area contributed by atoms with Gasteiger partial charge in [-0.2, -0.15) is 0 Å². The van der Waals surface area contributed by atoms with E-state index in [0.717, 1.165) is 51.9 Å². The van der Waals surface area contributed by atoms with Crippen molar-refractivity contribution in [3.05, 3.63) is 29.6 Å². The summed E-state index contributed by atoms with van der Waals surface area (Å²) in [5.41, 5.74) is 0.983. The van der Waals surface area contributed by atoms with Crippen molar-refractivity contribution in [1.29, 1.82) is 0 Å². The molecule has 6 heteroatoms. The fourth-order valence-corrected chi connectivity index (χ4v) is 5.48. The van der Waals surface area contributed by atoms with Gasteiger partial charge in [0.15, 0.2) is 5.82 Å². The number of benzene rings is 1. The number of piperidine rings is 1. The summed E-state index contributed by atoms with van der Waals surface area (Å²) in [5, 5.41) is 9.63. The fraction of sp³-hybridized carbons (Fsp3) is 0.667. The van der Waals surface area contributed by atoms with E-state index in [4.69, 9.17) is 0 Å². The molecule has 4 nitrogen and oxygen atoms in total. The Balaban J connectivity index is 1.29. The molecule has 0 spiro atoms. The Morgan fingerprint density at radius 1 is 1.12 bits per heavy atom. The molecular weight excluding hydrogens is 327 g/mol. The van der Waals surface area contributed by atoms with Crippen molar-refractivity contribution >= 4 is 17.0 Å².